The van der Waals surface area contributed by atoms with Crippen LogP contribution < -0.4 is 4.74 Å². The highest BCUT2D eigenvalue weighted by molar-refractivity contribution is 5.33. The van der Waals surface area contributed by atoms with E-state index in [0.717, 1.165) is 12.2 Å². The summed E-state index contributed by atoms with van der Waals surface area (Å²) >= 11 is 0. The molecule has 1 rings (SSSR count). The maximum atomic E-state index is 10.5. The van der Waals surface area contributed by atoms with E-state index < -0.39 is 0 Å². The summed E-state index contributed by atoms with van der Waals surface area (Å²) in [5, 5.41) is 10.5. The molecule has 0 spiro atoms. The number of benzene rings is 1. The molecule has 1 radical (unpaired) electrons. The predicted molar refractivity (Wildman–Crippen MR) is 97.7 cm³/mol. The van der Waals surface area contributed by atoms with Crippen LogP contribution >= 0.6 is 0 Å². The molecule has 1 aromatic carbocycles. The maximum Gasteiger partial charge on any atom is 0.122 e. The molecule has 0 N–H and O–H groups in total. The SMILES string of the molecule is CCCCCCCCCCCCCc1ccccc1OCC[O]. The topological polar surface area (TPSA) is 29.1 Å². The van der Waals surface area contributed by atoms with E-state index in [1.165, 1.54) is 76.2 Å². The van der Waals surface area contributed by atoms with Crippen molar-refractivity contribution in [2.45, 2.75) is 84.0 Å². The second kappa shape index (κ2) is 14.6. The molecule has 0 saturated heterocycles. The van der Waals surface area contributed by atoms with Crippen molar-refractivity contribution in [1.82, 2.24) is 0 Å². The molecule has 2 heteroatoms. The Morgan fingerprint density at radius 1 is 0.783 bits per heavy atom. The van der Waals surface area contributed by atoms with Gasteiger partial charge in [0.1, 0.15) is 19.0 Å². The molecule has 0 heterocycles. The van der Waals surface area contributed by atoms with Crippen molar-refractivity contribution >= 4 is 0 Å². The van der Waals surface area contributed by atoms with Crippen molar-refractivity contribution in [2.75, 3.05) is 13.2 Å². The number of ether oxygens (including phenoxy) is 1. The van der Waals surface area contributed by atoms with Crippen LogP contribution in [0.2, 0.25) is 0 Å². The Kier molecular flexibility index (Phi) is 12.7. The summed E-state index contributed by atoms with van der Waals surface area (Å²) < 4.78 is 5.52. The lowest BCUT2D eigenvalue weighted by molar-refractivity contribution is 0.137. The number of rotatable bonds is 15. The molecule has 0 aromatic heterocycles. The first-order chi connectivity index (χ1) is 11.4. The summed E-state index contributed by atoms with van der Waals surface area (Å²) in [4.78, 5) is 0. The van der Waals surface area contributed by atoms with Crippen LogP contribution in [-0.4, -0.2) is 13.2 Å². The van der Waals surface area contributed by atoms with E-state index in [1.807, 2.05) is 12.1 Å². The molecule has 131 valence electrons. The summed E-state index contributed by atoms with van der Waals surface area (Å²) in [6, 6.07) is 8.13. The summed E-state index contributed by atoms with van der Waals surface area (Å²) in [7, 11) is 0. The Bertz CT molecular complexity index is 376. The molecule has 2 nitrogen and oxygen atoms in total. The zero-order valence-corrected chi connectivity index (χ0v) is 15.0. The summed E-state index contributed by atoms with van der Waals surface area (Å²) in [6.45, 7) is 2.37. The Balaban J connectivity index is 2.00. The molecule has 23 heavy (non-hydrogen) atoms. The lowest BCUT2D eigenvalue weighted by Gasteiger charge is -2.10. The number of hydrogen-bond acceptors (Lipinski definition) is 1. The van der Waals surface area contributed by atoms with Gasteiger partial charge in [-0.1, -0.05) is 89.3 Å². The third-order valence-corrected chi connectivity index (χ3v) is 4.36. The lowest BCUT2D eigenvalue weighted by Crippen LogP contribution is -2.03. The van der Waals surface area contributed by atoms with Crippen molar-refractivity contribution in [3.8, 4) is 5.75 Å². The summed E-state index contributed by atoms with van der Waals surface area (Å²) in [5.41, 5.74) is 1.25. The first-order valence-corrected chi connectivity index (χ1v) is 9.67. The Morgan fingerprint density at radius 2 is 1.35 bits per heavy atom. The normalized spacial score (nSPS) is 10.9. The van der Waals surface area contributed by atoms with Crippen LogP contribution in [0.15, 0.2) is 24.3 Å². The van der Waals surface area contributed by atoms with Crippen LogP contribution in [0, 0.1) is 0 Å². The molecule has 0 amide bonds. The fourth-order valence-electron chi connectivity index (χ4n) is 2.98. The highest BCUT2D eigenvalue weighted by atomic mass is 16.5. The van der Waals surface area contributed by atoms with Crippen molar-refractivity contribution < 1.29 is 9.84 Å². The van der Waals surface area contributed by atoms with Gasteiger partial charge in [-0.3, -0.25) is 0 Å². The molecule has 0 aliphatic heterocycles. The number of aryl methyl sites for hydroxylation is 1. The van der Waals surface area contributed by atoms with Gasteiger partial charge in [0.2, 0.25) is 0 Å². The van der Waals surface area contributed by atoms with Gasteiger partial charge >= 0.3 is 0 Å². The van der Waals surface area contributed by atoms with Crippen LogP contribution in [0.4, 0.5) is 0 Å². The molecule has 0 fully saturated rings. The minimum absolute atomic E-state index is 0.174. The molecular formula is C21H35O2. The zero-order chi connectivity index (χ0) is 16.6. The average molecular weight is 320 g/mol. The van der Waals surface area contributed by atoms with Gasteiger partial charge < -0.3 is 4.74 Å². The van der Waals surface area contributed by atoms with E-state index in [4.69, 9.17) is 4.74 Å². The molecule has 0 unspecified atom stereocenters. The van der Waals surface area contributed by atoms with E-state index in [2.05, 4.69) is 19.1 Å². The second-order valence-corrected chi connectivity index (χ2v) is 6.45. The second-order valence-electron chi connectivity index (χ2n) is 6.45. The lowest BCUT2D eigenvalue weighted by atomic mass is 10.0. The van der Waals surface area contributed by atoms with Crippen LogP contribution in [-0.2, 0) is 11.5 Å². The van der Waals surface area contributed by atoms with E-state index in [1.54, 1.807) is 0 Å². The van der Waals surface area contributed by atoms with Gasteiger partial charge in [0.15, 0.2) is 0 Å². The summed E-state index contributed by atoms with van der Waals surface area (Å²) in [5.74, 6) is 0.899. The van der Waals surface area contributed by atoms with E-state index in [0.29, 0.717) is 0 Å². The smallest absolute Gasteiger partial charge is 0.122 e. The number of unbranched alkanes of at least 4 members (excludes halogenated alkanes) is 10. The van der Waals surface area contributed by atoms with Crippen LogP contribution in [0.1, 0.15) is 83.1 Å². The highest BCUT2D eigenvalue weighted by Crippen LogP contribution is 2.21. The average Bonchev–Trinajstić information content (AvgIpc) is 2.58. The third-order valence-electron chi connectivity index (χ3n) is 4.36. The summed E-state index contributed by atoms with van der Waals surface area (Å²) in [6.07, 6.45) is 16.1. The third kappa shape index (κ3) is 10.4. The van der Waals surface area contributed by atoms with Gasteiger partial charge in [-0.15, -0.1) is 0 Å². The number of para-hydroxylation sites is 1. The molecule has 0 aliphatic rings. The van der Waals surface area contributed by atoms with Crippen molar-refractivity contribution in [3.05, 3.63) is 29.8 Å². The van der Waals surface area contributed by atoms with E-state index in [-0.39, 0.29) is 13.2 Å². The fraction of sp³-hybridized carbons (Fsp3) is 0.714. The van der Waals surface area contributed by atoms with Gasteiger partial charge in [0.05, 0.1) is 0 Å². The fourth-order valence-corrected chi connectivity index (χ4v) is 2.98. The maximum absolute atomic E-state index is 10.5. The van der Waals surface area contributed by atoms with Gasteiger partial charge in [-0.2, -0.15) is 0 Å². The standard InChI is InChI=1S/C21H35O2/c1-2-3-4-5-6-7-8-9-10-11-12-15-20-16-13-14-17-21(20)23-19-18-22/h13-14,16-17H,2-12,15,18-19H2,1H3. The Labute approximate surface area is 143 Å². The van der Waals surface area contributed by atoms with Gasteiger partial charge in [-0.05, 0) is 24.5 Å². The van der Waals surface area contributed by atoms with Gasteiger partial charge in [0, 0.05) is 0 Å². The number of hydrogen-bond donors (Lipinski definition) is 0. The monoisotopic (exact) mass is 319 g/mol. The zero-order valence-electron chi connectivity index (χ0n) is 15.0. The van der Waals surface area contributed by atoms with Crippen molar-refractivity contribution in [2.24, 2.45) is 0 Å². The van der Waals surface area contributed by atoms with Gasteiger partial charge in [0.25, 0.3) is 0 Å². The van der Waals surface area contributed by atoms with Crippen molar-refractivity contribution in [3.63, 3.8) is 0 Å². The molecule has 0 bridgehead atoms. The van der Waals surface area contributed by atoms with Crippen LogP contribution in [0.25, 0.3) is 0 Å². The molecular weight excluding hydrogens is 284 g/mol. The Morgan fingerprint density at radius 3 is 1.96 bits per heavy atom. The minimum Gasteiger partial charge on any atom is -0.491 e. The first kappa shape index (κ1) is 20.0. The van der Waals surface area contributed by atoms with Crippen molar-refractivity contribution in [1.29, 1.82) is 0 Å². The Hall–Kier alpha value is -1.02. The molecule has 1 aromatic rings. The highest BCUT2D eigenvalue weighted by Gasteiger charge is 2.02. The van der Waals surface area contributed by atoms with Crippen LogP contribution in [0.5, 0.6) is 5.75 Å². The van der Waals surface area contributed by atoms with Crippen LogP contribution in [0.3, 0.4) is 0 Å². The van der Waals surface area contributed by atoms with E-state index >= 15 is 0 Å². The largest absolute Gasteiger partial charge is 0.491 e. The first-order valence-electron chi connectivity index (χ1n) is 9.67. The van der Waals surface area contributed by atoms with E-state index in [9.17, 15) is 5.11 Å². The molecule has 0 aliphatic carbocycles. The molecule has 0 saturated carbocycles. The quantitative estimate of drug-likeness (QED) is 0.346. The molecule has 0 atom stereocenters. The minimum atomic E-state index is -0.174. The van der Waals surface area contributed by atoms with Gasteiger partial charge in [-0.25, -0.2) is 5.11 Å². The predicted octanol–water partition coefficient (Wildman–Crippen LogP) is 6.35.